The van der Waals surface area contributed by atoms with Gasteiger partial charge in [0.05, 0.1) is 17.0 Å². The molecule has 0 aliphatic rings. The fourth-order valence-electron chi connectivity index (χ4n) is 1.99. The van der Waals surface area contributed by atoms with Crippen LogP contribution in [0.25, 0.3) is 10.2 Å². The zero-order valence-electron chi connectivity index (χ0n) is 11.2. The molecule has 0 aliphatic carbocycles. The molecule has 0 fully saturated rings. The lowest BCUT2D eigenvalue weighted by Crippen LogP contribution is -2.19. The lowest BCUT2D eigenvalue weighted by molar-refractivity contribution is 0.728. The third-order valence-corrected chi connectivity index (χ3v) is 5.00. The maximum Gasteiger partial charge on any atom is 0.262 e. The molecule has 2 aromatic heterocycles. The van der Waals surface area contributed by atoms with Gasteiger partial charge in [0.25, 0.3) is 5.56 Å². The first kappa shape index (κ1) is 13.9. The normalized spacial score (nSPS) is 10.7. The first-order valence-electron chi connectivity index (χ1n) is 6.25. The van der Waals surface area contributed by atoms with Crippen molar-refractivity contribution in [2.75, 3.05) is 0 Å². The minimum atomic E-state index is -0.0190. The Morgan fingerprint density at radius 3 is 3.10 bits per heavy atom. The highest BCUT2D eigenvalue weighted by Crippen LogP contribution is 2.23. The molecular weight excluding hydrogens is 302 g/mol. The second kappa shape index (κ2) is 5.72. The summed E-state index contributed by atoms with van der Waals surface area (Å²) < 4.78 is 1.58. The molecule has 0 saturated carbocycles. The van der Waals surface area contributed by atoms with Crippen LogP contribution >= 0.6 is 23.1 Å². The van der Waals surface area contributed by atoms with Crippen molar-refractivity contribution in [2.45, 2.75) is 10.9 Å². The molecule has 0 radical (unpaired) electrons. The summed E-state index contributed by atoms with van der Waals surface area (Å²) >= 11 is 2.97. The first-order chi connectivity index (χ1) is 10.2. The van der Waals surface area contributed by atoms with Gasteiger partial charge in [0.2, 0.25) is 0 Å². The van der Waals surface area contributed by atoms with Gasteiger partial charge in [-0.15, -0.1) is 11.3 Å². The first-order valence-corrected chi connectivity index (χ1v) is 8.11. The van der Waals surface area contributed by atoms with E-state index in [2.05, 4.69) is 11.1 Å². The molecule has 1 aromatic carbocycles. The largest absolute Gasteiger partial charge is 0.290 e. The van der Waals surface area contributed by atoms with Gasteiger partial charge < -0.3 is 0 Å². The highest BCUT2D eigenvalue weighted by Gasteiger charge is 2.09. The number of nitrogens with zero attached hydrogens (tertiary/aromatic N) is 3. The van der Waals surface area contributed by atoms with Crippen LogP contribution in [0.4, 0.5) is 0 Å². The summed E-state index contributed by atoms with van der Waals surface area (Å²) in [6, 6.07) is 11.4. The van der Waals surface area contributed by atoms with Crippen LogP contribution in [0.5, 0.6) is 0 Å². The molecule has 0 aliphatic heterocycles. The van der Waals surface area contributed by atoms with Crippen LogP contribution < -0.4 is 5.56 Å². The van der Waals surface area contributed by atoms with E-state index < -0.39 is 0 Å². The van der Waals surface area contributed by atoms with Crippen LogP contribution in [-0.4, -0.2) is 9.55 Å². The molecule has 6 heteroatoms. The number of hydrogen-bond donors (Lipinski definition) is 0. The molecular formula is C15H11N3OS2. The monoisotopic (exact) mass is 313 g/mol. The van der Waals surface area contributed by atoms with Gasteiger partial charge in [-0.05, 0) is 29.1 Å². The Bertz CT molecular complexity index is 905. The maximum absolute atomic E-state index is 12.2. The quantitative estimate of drug-likeness (QED) is 0.550. The summed E-state index contributed by atoms with van der Waals surface area (Å²) in [5, 5.41) is 12.1. The van der Waals surface area contributed by atoms with Crippen molar-refractivity contribution < 1.29 is 0 Å². The summed E-state index contributed by atoms with van der Waals surface area (Å²) in [6.45, 7) is 0. The Morgan fingerprint density at radius 1 is 1.43 bits per heavy atom. The van der Waals surface area contributed by atoms with Crippen LogP contribution in [0.3, 0.4) is 0 Å². The van der Waals surface area contributed by atoms with Crippen LogP contribution in [0.2, 0.25) is 0 Å². The molecule has 0 unspecified atom stereocenters. The average molecular weight is 313 g/mol. The Morgan fingerprint density at radius 2 is 2.29 bits per heavy atom. The van der Waals surface area contributed by atoms with E-state index >= 15 is 0 Å². The zero-order valence-corrected chi connectivity index (χ0v) is 12.9. The Balaban J connectivity index is 1.90. The van der Waals surface area contributed by atoms with Gasteiger partial charge in [-0.3, -0.25) is 9.36 Å². The van der Waals surface area contributed by atoms with Crippen molar-refractivity contribution >= 4 is 33.3 Å². The number of thioether (sulfide) groups is 1. The highest BCUT2D eigenvalue weighted by atomic mass is 32.2. The third-order valence-electron chi connectivity index (χ3n) is 3.09. The number of fused-ring (bicyclic) bond motifs is 1. The molecule has 0 atom stereocenters. The van der Waals surface area contributed by atoms with Crippen LogP contribution in [0.1, 0.15) is 11.1 Å². The number of nitriles is 1. The molecule has 0 saturated heterocycles. The van der Waals surface area contributed by atoms with Gasteiger partial charge in [0.15, 0.2) is 5.16 Å². The maximum atomic E-state index is 12.2. The van der Waals surface area contributed by atoms with Crippen molar-refractivity contribution in [2.24, 2.45) is 7.05 Å². The number of benzene rings is 1. The van der Waals surface area contributed by atoms with E-state index in [1.54, 1.807) is 23.7 Å². The van der Waals surface area contributed by atoms with Crippen LogP contribution in [-0.2, 0) is 12.8 Å². The van der Waals surface area contributed by atoms with Crippen molar-refractivity contribution in [3.63, 3.8) is 0 Å². The average Bonchev–Trinajstić information content (AvgIpc) is 2.98. The van der Waals surface area contributed by atoms with E-state index in [1.165, 1.54) is 23.1 Å². The fraction of sp³-hybridized carbons (Fsp3) is 0.133. The van der Waals surface area contributed by atoms with E-state index in [-0.39, 0.29) is 5.56 Å². The SMILES string of the molecule is Cn1c(SCc2cccc(C#N)c2)nc2sccc2c1=O. The predicted molar refractivity (Wildman–Crippen MR) is 85.6 cm³/mol. The number of rotatable bonds is 3. The van der Waals surface area contributed by atoms with Crippen LogP contribution in [0.15, 0.2) is 45.7 Å². The van der Waals surface area contributed by atoms with Gasteiger partial charge in [0.1, 0.15) is 4.83 Å². The summed E-state index contributed by atoms with van der Waals surface area (Å²) in [6.07, 6.45) is 0. The second-order valence-corrected chi connectivity index (χ2v) is 6.34. The standard InChI is InChI=1S/C15H11N3OS2/c1-18-14(19)12-5-6-20-13(12)17-15(18)21-9-11-4-2-3-10(7-11)8-16/h2-7H,9H2,1H3. The van der Waals surface area contributed by atoms with Crippen molar-refractivity contribution in [3.8, 4) is 6.07 Å². The molecule has 0 amide bonds. The Kier molecular flexibility index (Phi) is 3.78. The Labute approximate surface area is 129 Å². The highest BCUT2D eigenvalue weighted by molar-refractivity contribution is 7.98. The number of hydrogen-bond acceptors (Lipinski definition) is 5. The summed E-state index contributed by atoms with van der Waals surface area (Å²) in [7, 11) is 1.74. The summed E-state index contributed by atoms with van der Waals surface area (Å²) in [5.41, 5.74) is 1.66. The predicted octanol–water partition coefficient (Wildman–Crippen LogP) is 3.16. The zero-order chi connectivity index (χ0) is 14.8. The molecule has 21 heavy (non-hydrogen) atoms. The third kappa shape index (κ3) is 2.71. The van der Waals surface area contributed by atoms with Gasteiger partial charge >= 0.3 is 0 Å². The molecule has 0 N–H and O–H groups in total. The molecule has 4 nitrogen and oxygen atoms in total. The summed E-state index contributed by atoms with van der Waals surface area (Å²) in [4.78, 5) is 17.5. The van der Waals surface area contributed by atoms with E-state index in [0.717, 1.165) is 10.4 Å². The molecule has 3 rings (SSSR count). The molecule has 3 aromatic rings. The molecule has 0 bridgehead atoms. The van der Waals surface area contributed by atoms with Crippen molar-refractivity contribution in [1.82, 2.24) is 9.55 Å². The summed E-state index contributed by atoms with van der Waals surface area (Å²) in [5.74, 6) is 0.673. The van der Waals surface area contributed by atoms with Crippen molar-refractivity contribution in [1.29, 1.82) is 5.26 Å². The topological polar surface area (TPSA) is 58.7 Å². The second-order valence-electron chi connectivity index (χ2n) is 4.50. The minimum Gasteiger partial charge on any atom is -0.290 e. The number of thiophene rings is 1. The van der Waals surface area contributed by atoms with Gasteiger partial charge in [-0.2, -0.15) is 5.26 Å². The molecule has 0 spiro atoms. The fourth-order valence-corrected chi connectivity index (χ4v) is 3.71. The van der Waals surface area contributed by atoms with Crippen LogP contribution in [0, 0.1) is 11.3 Å². The molecule has 2 heterocycles. The Hall–Kier alpha value is -2.10. The molecule has 104 valence electrons. The smallest absolute Gasteiger partial charge is 0.262 e. The van der Waals surface area contributed by atoms with Gasteiger partial charge in [-0.1, -0.05) is 23.9 Å². The van der Waals surface area contributed by atoms with Gasteiger partial charge in [-0.25, -0.2) is 4.98 Å². The van der Waals surface area contributed by atoms with Gasteiger partial charge in [0, 0.05) is 12.8 Å². The van der Waals surface area contributed by atoms with E-state index in [9.17, 15) is 4.79 Å². The van der Waals surface area contributed by atoms with E-state index in [4.69, 9.17) is 5.26 Å². The lowest BCUT2D eigenvalue weighted by atomic mass is 10.2. The number of aromatic nitrogens is 2. The minimum absolute atomic E-state index is 0.0190. The lowest BCUT2D eigenvalue weighted by Gasteiger charge is -2.07. The van der Waals surface area contributed by atoms with E-state index in [0.29, 0.717) is 21.9 Å². The van der Waals surface area contributed by atoms with Crippen molar-refractivity contribution in [3.05, 3.63) is 57.2 Å². The van der Waals surface area contributed by atoms with E-state index in [1.807, 2.05) is 23.6 Å².